The Morgan fingerprint density at radius 2 is 1.69 bits per heavy atom. The third-order valence-corrected chi connectivity index (χ3v) is 6.57. The van der Waals surface area contributed by atoms with Gasteiger partial charge in [-0.25, -0.2) is 9.59 Å². The van der Waals surface area contributed by atoms with Crippen molar-refractivity contribution in [3.8, 4) is 0 Å². The van der Waals surface area contributed by atoms with Crippen molar-refractivity contribution in [2.45, 2.75) is 76.1 Å². The second-order valence-corrected chi connectivity index (χ2v) is 9.94. The highest BCUT2D eigenvalue weighted by Gasteiger charge is 2.39. The van der Waals surface area contributed by atoms with Crippen molar-refractivity contribution in [3.05, 3.63) is 61.2 Å². The zero-order valence-electron chi connectivity index (χ0n) is 22.7. The molecule has 0 aromatic heterocycles. The van der Waals surface area contributed by atoms with Crippen LogP contribution in [-0.4, -0.2) is 59.8 Å². The third kappa shape index (κ3) is 10.9. The standard InChI is InChI=1S/C29H41N3O7/c1-4-11-23(17-25(34)30-21(3)18-33)26(35)32-29(15-9-10-16-29)20-39-27(36)24(12-5-2)31-28(37)38-19-22-13-7-6-8-14-22/h4-8,13-14,21,23-24,33H,1-2,9-12,15-20H2,3H3,(H,30,34)(H,31,37)(H,32,35)/t21-,23-,24-/m1/s1. The van der Waals surface area contributed by atoms with Gasteiger partial charge in [-0.05, 0) is 38.2 Å². The predicted octanol–water partition coefficient (Wildman–Crippen LogP) is 2.91. The lowest BCUT2D eigenvalue weighted by Gasteiger charge is -2.32. The van der Waals surface area contributed by atoms with Crippen LogP contribution >= 0.6 is 0 Å². The first-order valence-electron chi connectivity index (χ1n) is 13.3. The monoisotopic (exact) mass is 543 g/mol. The molecule has 0 bridgehead atoms. The van der Waals surface area contributed by atoms with E-state index in [0.29, 0.717) is 19.3 Å². The Balaban J connectivity index is 1.97. The number of rotatable bonds is 16. The fraction of sp³-hybridized carbons (Fsp3) is 0.517. The number of hydrogen-bond acceptors (Lipinski definition) is 7. The van der Waals surface area contributed by atoms with Gasteiger partial charge in [-0.3, -0.25) is 9.59 Å². The van der Waals surface area contributed by atoms with Gasteiger partial charge in [0, 0.05) is 12.5 Å². The molecule has 1 saturated carbocycles. The molecule has 1 aromatic carbocycles. The summed E-state index contributed by atoms with van der Waals surface area (Å²) in [6.07, 6.45) is 5.60. The van der Waals surface area contributed by atoms with E-state index in [1.165, 1.54) is 6.08 Å². The SMILES string of the molecule is C=CC[C@H](CC(=O)N[C@H](C)CO)C(=O)NC1(COC(=O)[C@@H](CC=C)NC(=O)OCc2ccccc2)CCCC1. The number of nitrogens with one attached hydrogen (secondary N) is 3. The van der Waals surface area contributed by atoms with Gasteiger partial charge in [-0.2, -0.15) is 0 Å². The van der Waals surface area contributed by atoms with Crippen LogP contribution in [0.1, 0.15) is 57.4 Å². The summed E-state index contributed by atoms with van der Waals surface area (Å²) in [5.41, 5.74) is 0.0395. The Hall–Kier alpha value is -3.66. The predicted molar refractivity (Wildman–Crippen MR) is 146 cm³/mol. The molecule has 1 aromatic rings. The smallest absolute Gasteiger partial charge is 0.408 e. The van der Waals surface area contributed by atoms with Crippen LogP contribution in [-0.2, 0) is 30.5 Å². The molecule has 39 heavy (non-hydrogen) atoms. The highest BCUT2D eigenvalue weighted by Crippen LogP contribution is 2.31. The molecule has 0 heterocycles. The molecule has 1 aliphatic rings. The molecule has 3 amide bonds. The summed E-state index contributed by atoms with van der Waals surface area (Å²) in [7, 11) is 0. The van der Waals surface area contributed by atoms with Crippen LogP contribution in [0.3, 0.4) is 0 Å². The fourth-order valence-corrected chi connectivity index (χ4v) is 4.41. The second kappa shape index (κ2) is 16.3. The number of amides is 3. The molecule has 214 valence electrons. The Morgan fingerprint density at radius 1 is 1.03 bits per heavy atom. The van der Waals surface area contributed by atoms with Crippen LogP contribution in [0.25, 0.3) is 0 Å². The molecule has 0 aliphatic heterocycles. The lowest BCUT2D eigenvalue weighted by Crippen LogP contribution is -2.53. The maximum Gasteiger partial charge on any atom is 0.408 e. The van der Waals surface area contributed by atoms with Crippen molar-refractivity contribution in [1.82, 2.24) is 16.0 Å². The molecular weight excluding hydrogens is 502 g/mol. The van der Waals surface area contributed by atoms with E-state index in [0.717, 1.165) is 18.4 Å². The maximum absolute atomic E-state index is 13.2. The largest absolute Gasteiger partial charge is 0.462 e. The molecule has 0 unspecified atom stereocenters. The van der Waals surface area contributed by atoms with Crippen molar-refractivity contribution >= 4 is 23.9 Å². The molecule has 4 N–H and O–H groups in total. The average molecular weight is 544 g/mol. The van der Waals surface area contributed by atoms with E-state index in [-0.39, 0.29) is 44.5 Å². The van der Waals surface area contributed by atoms with Crippen molar-refractivity contribution < 1.29 is 33.8 Å². The van der Waals surface area contributed by atoms with Crippen LogP contribution in [0.2, 0.25) is 0 Å². The second-order valence-electron chi connectivity index (χ2n) is 9.94. The number of aliphatic hydroxyl groups is 1. The van der Waals surface area contributed by atoms with E-state index in [4.69, 9.17) is 14.6 Å². The summed E-state index contributed by atoms with van der Waals surface area (Å²) in [5.74, 6) is -1.99. The average Bonchev–Trinajstić information content (AvgIpc) is 3.39. The topological polar surface area (TPSA) is 143 Å². The Labute approximate surface area is 230 Å². The Kier molecular flexibility index (Phi) is 13.2. The van der Waals surface area contributed by atoms with Crippen molar-refractivity contribution in [3.63, 3.8) is 0 Å². The lowest BCUT2D eigenvalue weighted by atomic mass is 9.94. The molecule has 0 radical (unpaired) electrons. The fourth-order valence-electron chi connectivity index (χ4n) is 4.41. The Morgan fingerprint density at radius 3 is 2.31 bits per heavy atom. The minimum absolute atomic E-state index is 0.0560. The molecular formula is C29H41N3O7. The molecule has 10 heteroatoms. The molecule has 1 fully saturated rings. The summed E-state index contributed by atoms with van der Waals surface area (Å²) in [4.78, 5) is 50.7. The van der Waals surface area contributed by atoms with E-state index < -0.39 is 35.6 Å². The van der Waals surface area contributed by atoms with Crippen LogP contribution in [0.5, 0.6) is 0 Å². The first-order valence-corrected chi connectivity index (χ1v) is 13.3. The minimum Gasteiger partial charge on any atom is -0.462 e. The summed E-state index contributed by atoms with van der Waals surface area (Å²) >= 11 is 0. The van der Waals surface area contributed by atoms with E-state index in [1.54, 1.807) is 13.0 Å². The van der Waals surface area contributed by atoms with Gasteiger partial charge in [-0.15, -0.1) is 13.2 Å². The zero-order valence-corrected chi connectivity index (χ0v) is 22.7. The van der Waals surface area contributed by atoms with Crippen molar-refractivity contribution in [2.24, 2.45) is 5.92 Å². The minimum atomic E-state index is -0.995. The number of allylic oxidation sites excluding steroid dienone is 1. The summed E-state index contributed by atoms with van der Waals surface area (Å²) in [6, 6.07) is 7.75. The summed E-state index contributed by atoms with van der Waals surface area (Å²) in [5, 5.41) is 17.4. The number of alkyl carbamates (subject to hydrolysis) is 1. The number of carbonyl (C=O) groups is 4. The molecule has 0 spiro atoms. The van der Waals surface area contributed by atoms with Gasteiger partial charge >= 0.3 is 12.1 Å². The number of benzene rings is 1. The van der Waals surface area contributed by atoms with Gasteiger partial charge in [0.1, 0.15) is 19.3 Å². The van der Waals surface area contributed by atoms with Gasteiger partial charge in [0.05, 0.1) is 18.1 Å². The third-order valence-electron chi connectivity index (χ3n) is 6.57. The van der Waals surface area contributed by atoms with Crippen LogP contribution in [0.15, 0.2) is 55.6 Å². The van der Waals surface area contributed by atoms with Gasteiger partial charge in [0.2, 0.25) is 11.8 Å². The lowest BCUT2D eigenvalue weighted by molar-refractivity contribution is -0.149. The number of hydrogen-bond donors (Lipinski definition) is 4. The van der Waals surface area contributed by atoms with Gasteiger partial charge in [0.25, 0.3) is 0 Å². The van der Waals surface area contributed by atoms with E-state index in [2.05, 4.69) is 29.1 Å². The maximum atomic E-state index is 13.2. The quantitative estimate of drug-likeness (QED) is 0.185. The van der Waals surface area contributed by atoms with Crippen LogP contribution in [0, 0.1) is 5.92 Å². The first-order chi connectivity index (χ1) is 18.7. The summed E-state index contributed by atoms with van der Waals surface area (Å²) < 4.78 is 10.8. The Bertz CT molecular complexity index is 976. The van der Waals surface area contributed by atoms with Crippen LogP contribution in [0.4, 0.5) is 4.79 Å². The van der Waals surface area contributed by atoms with Gasteiger partial charge in [-0.1, -0.05) is 55.3 Å². The van der Waals surface area contributed by atoms with E-state index in [9.17, 15) is 19.2 Å². The highest BCUT2D eigenvalue weighted by atomic mass is 16.6. The van der Waals surface area contributed by atoms with Gasteiger partial charge < -0.3 is 30.5 Å². The number of aliphatic hydroxyl groups excluding tert-OH is 1. The van der Waals surface area contributed by atoms with Crippen LogP contribution < -0.4 is 16.0 Å². The highest BCUT2D eigenvalue weighted by molar-refractivity contribution is 5.86. The van der Waals surface area contributed by atoms with E-state index in [1.807, 2.05) is 30.3 Å². The summed E-state index contributed by atoms with van der Waals surface area (Å²) in [6.45, 7) is 8.79. The number of esters is 1. The number of carbonyl (C=O) groups excluding carboxylic acids is 4. The normalized spacial score (nSPS) is 16.2. The molecule has 10 nitrogen and oxygen atoms in total. The van der Waals surface area contributed by atoms with Gasteiger partial charge in [0.15, 0.2) is 0 Å². The molecule has 3 atom stereocenters. The van der Waals surface area contributed by atoms with Crippen molar-refractivity contribution in [2.75, 3.05) is 13.2 Å². The molecule has 1 aliphatic carbocycles. The van der Waals surface area contributed by atoms with E-state index >= 15 is 0 Å². The molecule has 2 rings (SSSR count). The number of ether oxygens (including phenoxy) is 2. The molecule has 0 saturated heterocycles. The zero-order chi connectivity index (χ0) is 28.7. The van der Waals surface area contributed by atoms with Crippen molar-refractivity contribution in [1.29, 1.82) is 0 Å². The first kappa shape index (κ1) is 31.6.